The summed E-state index contributed by atoms with van der Waals surface area (Å²) in [5, 5.41) is 0. The van der Waals surface area contributed by atoms with Crippen molar-refractivity contribution < 1.29 is 14.3 Å². The van der Waals surface area contributed by atoms with Crippen molar-refractivity contribution in [3.63, 3.8) is 0 Å². The van der Waals surface area contributed by atoms with Crippen LogP contribution in [0.5, 0.6) is 11.5 Å². The molecule has 2 aromatic carbocycles. The third-order valence-corrected chi connectivity index (χ3v) is 5.70. The minimum absolute atomic E-state index is 0.0200. The first-order valence-corrected chi connectivity index (χ1v) is 10.2. The van der Waals surface area contributed by atoms with Crippen LogP contribution in [-0.2, 0) is 4.79 Å². The molecule has 0 radical (unpaired) electrons. The van der Waals surface area contributed by atoms with Gasteiger partial charge in [-0.3, -0.25) is 4.79 Å². The Labute approximate surface area is 176 Å². The number of H-pyrrole nitrogens is 1. The molecule has 156 valence electrons. The first-order chi connectivity index (χ1) is 14.6. The van der Waals surface area contributed by atoms with Gasteiger partial charge in [0.1, 0.15) is 17.3 Å². The maximum atomic E-state index is 12.7. The van der Waals surface area contributed by atoms with E-state index in [0.29, 0.717) is 11.7 Å². The number of amides is 1. The molecule has 6 heteroatoms. The van der Waals surface area contributed by atoms with Crippen molar-refractivity contribution in [2.75, 3.05) is 27.3 Å². The maximum absolute atomic E-state index is 12.7. The quantitative estimate of drug-likeness (QED) is 0.643. The lowest BCUT2D eigenvalue weighted by atomic mass is 9.96. The molecule has 1 amide bonds. The highest BCUT2D eigenvalue weighted by Gasteiger charge is 2.25. The van der Waals surface area contributed by atoms with Gasteiger partial charge in [0, 0.05) is 36.7 Å². The molecule has 1 aromatic heterocycles. The average molecular weight is 405 g/mol. The molecule has 0 bridgehead atoms. The third-order valence-electron chi connectivity index (χ3n) is 5.70. The number of nitrogens with zero attached hydrogens (tertiary/aromatic N) is 2. The molecule has 0 saturated carbocycles. The van der Waals surface area contributed by atoms with Crippen LogP contribution in [0.15, 0.2) is 42.5 Å². The number of carbonyl (C=O) groups is 1. The summed E-state index contributed by atoms with van der Waals surface area (Å²) in [6.45, 7) is 3.53. The molecule has 6 nitrogen and oxygen atoms in total. The zero-order valence-electron chi connectivity index (χ0n) is 17.6. The van der Waals surface area contributed by atoms with E-state index in [9.17, 15) is 4.79 Å². The summed E-state index contributed by atoms with van der Waals surface area (Å²) in [5.41, 5.74) is 4.16. The summed E-state index contributed by atoms with van der Waals surface area (Å²) in [7, 11) is 3.22. The van der Waals surface area contributed by atoms with Crippen LogP contribution in [0.25, 0.3) is 17.1 Å². The van der Waals surface area contributed by atoms with Crippen molar-refractivity contribution in [3.8, 4) is 11.5 Å². The summed E-state index contributed by atoms with van der Waals surface area (Å²) in [6.07, 6.45) is 5.23. The topological polar surface area (TPSA) is 67.5 Å². The number of aromatic amines is 1. The van der Waals surface area contributed by atoms with Crippen molar-refractivity contribution in [3.05, 3.63) is 59.4 Å². The number of likely N-dealkylation sites (tertiary alicyclic amines) is 1. The number of fused-ring (bicyclic) bond motifs is 1. The Hall–Kier alpha value is -3.28. The lowest BCUT2D eigenvalue weighted by molar-refractivity contribution is -0.127. The number of aromatic nitrogens is 2. The second-order valence-electron chi connectivity index (χ2n) is 7.68. The summed E-state index contributed by atoms with van der Waals surface area (Å²) in [4.78, 5) is 22.8. The van der Waals surface area contributed by atoms with Crippen LogP contribution < -0.4 is 9.47 Å². The zero-order chi connectivity index (χ0) is 21.1. The van der Waals surface area contributed by atoms with Crippen LogP contribution in [0.4, 0.5) is 0 Å². The SMILES string of the molecule is COc1ccc(/C=C/C(=O)N2CCC(c3nc4ccc(C)cc4[nH]3)CC2)c(OC)c1. The molecule has 0 unspecified atom stereocenters. The predicted molar refractivity (Wildman–Crippen MR) is 118 cm³/mol. The minimum atomic E-state index is 0.0200. The Morgan fingerprint density at radius 1 is 1.13 bits per heavy atom. The molecular weight excluding hydrogens is 378 g/mol. The molecule has 2 heterocycles. The van der Waals surface area contributed by atoms with E-state index in [4.69, 9.17) is 14.5 Å². The summed E-state index contributed by atoms with van der Waals surface area (Å²) in [5.74, 6) is 2.80. The van der Waals surface area contributed by atoms with E-state index in [-0.39, 0.29) is 5.91 Å². The lowest BCUT2D eigenvalue weighted by Crippen LogP contribution is -2.37. The van der Waals surface area contributed by atoms with E-state index in [2.05, 4.69) is 30.1 Å². The van der Waals surface area contributed by atoms with Gasteiger partial charge in [-0.2, -0.15) is 0 Å². The van der Waals surface area contributed by atoms with E-state index in [0.717, 1.165) is 54.1 Å². The fourth-order valence-corrected chi connectivity index (χ4v) is 3.93. The average Bonchev–Trinajstić information content (AvgIpc) is 3.20. The van der Waals surface area contributed by atoms with Crippen molar-refractivity contribution >= 4 is 23.0 Å². The van der Waals surface area contributed by atoms with E-state index in [1.165, 1.54) is 5.56 Å². The third kappa shape index (κ3) is 4.17. The van der Waals surface area contributed by atoms with Gasteiger partial charge in [-0.05, 0) is 55.7 Å². The number of imidazole rings is 1. The number of ether oxygens (including phenoxy) is 2. The van der Waals surface area contributed by atoms with Crippen LogP contribution in [-0.4, -0.2) is 48.1 Å². The smallest absolute Gasteiger partial charge is 0.246 e. The van der Waals surface area contributed by atoms with E-state index >= 15 is 0 Å². The van der Waals surface area contributed by atoms with Crippen LogP contribution >= 0.6 is 0 Å². The molecular formula is C24H27N3O3. The van der Waals surface area contributed by atoms with Gasteiger partial charge in [0.05, 0.1) is 25.3 Å². The molecule has 1 N–H and O–H groups in total. The second-order valence-corrected chi connectivity index (χ2v) is 7.68. The minimum Gasteiger partial charge on any atom is -0.497 e. The van der Waals surface area contributed by atoms with Crippen LogP contribution in [0.3, 0.4) is 0 Å². The molecule has 3 aromatic rings. The fraction of sp³-hybridized carbons (Fsp3) is 0.333. The molecule has 1 aliphatic rings. The number of piperidine rings is 1. The Kier molecular flexibility index (Phi) is 5.74. The molecule has 0 atom stereocenters. The monoisotopic (exact) mass is 405 g/mol. The normalized spacial score (nSPS) is 15.1. The summed E-state index contributed by atoms with van der Waals surface area (Å²) < 4.78 is 10.6. The van der Waals surface area contributed by atoms with Gasteiger partial charge in [-0.1, -0.05) is 6.07 Å². The highest BCUT2D eigenvalue weighted by molar-refractivity contribution is 5.92. The predicted octanol–water partition coefficient (Wildman–Crippen LogP) is 4.31. The Morgan fingerprint density at radius 2 is 1.93 bits per heavy atom. The van der Waals surface area contributed by atoms with Gasteiger partial charge in [0.25, 0.3) is 0 Å². The Morgan fingerprint density at radius 3 is 2.67 bits per heavy atom. The molecule has 1 fully saturated rings. The standard InChI is InChI=1S/C24H27N3O3/c1-16-4-8-20-21(14-16)26-24(25-20)18-10-12-27(13-11-18)23(28)9-6-17-5-7-19(29-2)15-22(17)30-3/h4-9,14-15,18H,10-13H2,1-3H3,(H,25,26)/b9-6+. The second kappa shape index (κ2) is 8.61. The van der Waals surface area contributed by atoms with Crippen LogP contribution in [0, 0.1) is 6.92 Å². The fourth-order valence-electron chi connectivity index (χ4n) is 3.93. The summed E-state index contributed by atoms with van der Waals surface area (Å²) >= 11 is 0. The molecule has 1 aliphatic heterocycles. The van der Waals surface area contributed by atoms with Gasteiger partial charge in [-0.15, -0.1) is 0 Å². The largest absolute Gasteiger partial charge is 0.497 e. The van der Waals surface area contributed by atoms with Gasteiger partial charge >= 0.3 is 0 Å². The maximum Gasteiger partial charge on any atom is 0.246 e. The lowest BCUT2D eigenvalue weighted by Gasteiger charge is -2.30. The molecule has 0 spiro atoms. The highest BCUT2D eigenvalue weighted by Crippen LogP contribution is 2.29. The van der Waals surface area contributed by atoms with E-state index < -0.39 is 0 Å². The van der Waals surface area contributed by atoms with Crippen molar-refractivity contribution in [2.45, 2.75) is 25.7 Å². The van der Waals surface area contributed by atoms with Gasteiger partial charge in [0.2, 0.25) is 5.91 Å². The first kappa shape index (κ1) is 20.0. The van der Waals surface area contributed by atoms with Crippen molar-refractivity contribution in [1.82, 2.24) is 14.9 Å². The van der Waals surface area contributed by atoms with Gasteiger partial charge < -0.3 is 19.4 Å². The number of aryl methyl sites for hydroxylation is 1. The number of hydrogen-bond acceptors (Lipinski definition) is 4. The zero-order valence-corrected chi connectivity index (χ0v) is 17.6. The number of methoxy groups -OCH3 is 2. The van der Waals surface area contributed by atoms with Crippen LogP contribution in [0.2, 0.25) is 0 Å². The van der Waals surface area contributed by atoms with Crippen molar-refractivity contribution in [2.24, 2.45) is 0 Å². The number of nitrogens with one attached hydrogen (secondary N) is 1. The molecule has 30 heavy (non-hydrogen) atoms. The van der Waals surface area contributed by atoms with E-state index in [1.54, 1.807) is 26.4 Å². The number of rotatable bonds is 5. The molecule has 4 rings (SSSR count). The Balaban J connectivity index is 1.38. The summed E-state index contributed by atoms with van der Waals surface area (Å²) in [6, 6.07) is 11.8. The van der Waals surface area contributed by atoms with Crippen LogP contribution in [0.1, 0.15) is 35.7 Å². The molecule has 0 aliphatic carbocycles. The van der Waals surface area contributed by atoms with E-state index in [1.807, 2.05) is 23.1 Å². The van der Waals surface area contributed by atoms with Gasteiger partial charge in [0.15, 0.2) is 0 Å². The first-order valence-electron chi connectivity index (χ1n) is 10.2. The number of carbonyl (C=O) groups excluding carboxylic acids is 1. The molecule has 1 saturated heterocycles. The highest BCUT2D eigenvalue weighted by atomic mass is 16.5. The number of hydrogen-bond donors (Lipinski definition) is 1. The van der Waals surface area contributed by atoms with Gasteiger partial charge in [-0.25, -0.2) is 4.98 Å². The number of benzene rings is 2. The Bertz CT molecular complexity index is 1080. The van der Waals surface area contributed by atoms with Crippen molar-refractivity contribution in [1.29, 1.82) is 0 Å².